The van der Waals surface area contributed by atoms with Crippen molar-refractivity contribution in [3.63, 3.8) is 0 Å². The zero-order valence-corrected chi connectivity index (χ0v) is 29.1. The van der Waals surface area contributed by atoms with Crippen molar-refractivity contribution in [3.8, 4) is 16.8 Å². The van der Waals surface area contributed by atoms with Gasteiger partial charge < -0.3 is 14.6 Å². The van der Waals surface area contributed by atoms with Crippen molar-refractivity contribution in [3.05, 3.63) is 161 Å². The number of tetrazole rings is 1. The fraction of sp³-hybridized carbons (Fsp3) is 0.195. The molecule has 2 aliphatic rings. The molecule has 1 aromatic heterocycles. The summed E-state index contributed by atoms with van der Waals surface area (Å²) in [6.45, 7) is 2.29. The maximum absolute atomic E-state index is 13.0. The van der Waals surface area contributed by atoms with Gasteiger partial charge >= 0.3 is 0 Å². The number of aliphatic hydroxyl groups excluding tert-OH is 1. The molecule has 0 bridgehead atoms. The highest BCUT2D eigenvalue weighted by molar-refractivity contribution is 7.99. The summed E-state index contributed by atoms with van der Waals surface area (Å²) in [4.78, 5) is 27.3. The van der Waals surface area contributed by atoms with Crippen molar-refractivity contribution in [1.82, 2.24) is 25.1 Å². The van der Waals surface area contributed by atoms with E-state index in [4.69, 9.17) is 9.47 Å². The quantitative estimate of drug-likeness (QED) is 0.116. The summed E-state index contributed by atoms with van der Waals surface area (Å²) in [5.41, 5.74) is 7.29. The van der Waals surface area contributed by atoms with Gasteiger partial charge in [0.25, 0.3) is 11.8 Å². The minimum Gasteiger partial charge on any atom is -0.392 e. The van der Waals surface area contributed by atoms with Gasteiger partial charge in [-0.15, -0.1) is 5.10 Å². The zero-order chi connectivity index (χ0) is 35.6. The Kier molecular flexibility index (Phi) is 9.48. The van der Waals surface area contributed by atoms with Crippen LogP contribution >= 0.6 is 11.8 Å². The number of nitrogens with zero attached hydrogens (tertiary/aromatic N) is 5. The maximum atomic E-state index is 13.0. The van der Waals surface area contributed by atoms with Gasteiger partial charge in [-0.3, -0.25) is 14.5 Å². The summed E-state index contributed by atoms with van der Waals surface area (Å²) in [5.74, 6) is 0.0451. The van der Waals surface area contributed by atoms with Gasteiger partial charge in [-0.25, -0.2) is 0 Å². The first kappa shape index (κ1) is 33.7. The molecule has 0 radical (unpaired) electrons. The van der Waals surface area contributed by atoms with Crippen LogP contribution in [0.2, 0.25) is 0 Å². The van der Waals surface area contributed by atoms with Crippen LogP contribution in [-0.2, 0) is 22.6 Å². The van der Waals surface area contributed by atoms with E-state index in [0.29, 0.717) is 22.0 Å². The third kappa shape index (κ3) is 6.67. The monoisotopic (exact) mass is 709 g/mol. The number of thioether (sulfide) groups is 1. The van der Waals surface area contributed by atoms with E-state index in [1.165, 1.54) is 16.7 Å². The van der Waals surface area contributed by atoms with Crippen LogP contribution in [0.15, 0.2) is 133 Å². The van der Waals surface area contributed by atoms with E-state index in [1.807, 2.05) is 103 Å². The highest BCUT2D eigenvalue weighted by Crippen LogP contribution is 2.43. The van der Waals surface area contributed by atoms with Gasteiger partial charge in [0.1, 0.15) is 0 Å². The number of aliphatic hydroxyl groups is 1. The third-order valence-electron chi connectivity index (χ3n) is 9.60. The van der Waals surface area contributed by atoms with Crippen LogP contribution in [0.5, 0.6) is 0 Å². The predicted molar refractivity (Wildman–Crippen MR) is 195 cm³/mol. The average Bonchev–Trinajstić information content (AvgIpc) is 3.77. The number of aromatic nitrogens is 4. The zero-order valence-electron chi connectivity index (χ0n) is 28.3. The van der Waals surface area contributed by atoms with Crippen molar-refractivity contribution < 1.29 is 24.2 Å². The number of rotatable bonds is 10. The van der Waals surface area contributed by atoms with Gasteiger partial charge in [-0.2, -0.15) is 4.68 Å². The van der Waals surface area contributed by atoms with Crippen LogP contribution in [0.25, 0.3) is 16.8 Å². The Balaban J connectivity index is 1.01. The molecular weight excluding hydrogens is 675 g/mol. The molecule has 52 heavy (non-hydrogen) atoms. The minimum atomic E-state index is -0.636. The number of hydrogen-bond acceptors (Lipinski definition) is 9. The van der Waals surface area contributed by atoms with Crippen molar-refractivity contribution in [2.24, 2.45) is 5.92 Å². The van der Waals surface area contributed by atoms with E-state index < -0.39 is 6.29 Å². The molecule has 0 aliphatic carbocycles. The van der Waals surface area contributed by atoms with Crippen molar-refractivity contribution >= 4 is 23.6 Å². The standard InChI is InChI=1S/C41H35N5O5S/c1-26-36(25-52-41-42-43-44-46(41)33-10-3-2-4-11-33)50-40(51-37(26)30-16-14-27(24-47)15-17-30)31-20-18-29(19-21-31)32-9-7-8-28(22-32)23-45-38(48)34-12-5-6-13-35(34)39(45)49/h2-22,26,36-37,40,47H,23-25H2,1H3/t26-,36+,37+,40+/m0/s1. The molecule has 0 saturated carbocycles. The molecule has 1 N–H and O–H groups in total. The highest BCUT2D eigenvalue weighted by atomic mass is 32.2. The SMILES string of the molecule is C[C@H]1[C@@H](CSc2nnnn2-c2ccccc2)O[C@@H](c2ccc(-c3cccc(CN4C(=O)c5ccccc5C4=O)c3)cc2)O[C@H]1c1ccc(CO)cc1. The fourth-order valence-electron chi connectivity index (χ4n) is 6.71. The lowest BCUT2D eigenvalue weighted by atomic mass is 9.91. The van der Waals surface area contributed by atoms with Crippen LogP contribution < -0.4 is 0 Å². The first-order valence-electron chi connectivity index (χ1n) is 17.1. The second kappa shape index (κ2) is 14.6. The Morgan fingerprint density at radius 1 is 0.731 bits per heavy atom. The Morgan fingerprint density at radius 2 is 1.42 bits per heavy atom. The molecule has 1 fully saturated rings. The Hall–Kier alpha value is -5.46. The van der Waals surface area contributed by atoms with Gasteiger partial charge in [-0.05, 0) is 68.6 Å². The largest absolute Gasteiger partial charge is 0.392 e. The lowest BCUT2D eigenvalue weighted by molar-refractivity contribution is -0.268. The minimum absolute atomic E-state index is 0.00559. The maximum Gasteiger partial charge on any atom is 0.261 e. The molecule has 2 amide bonds. The van der Waals surface area contributed by atoms with E-state index in [1.54, 1.807) is 28.9 Å². The predicted octanol–water partition coefficient (Wildman–Crippen LogP) is 7.20. The number of carbonyl (C=O) groups excluding carboxylic acids is 2. The molecule has 6 aromatic rings. The number of para-hydroxylation sites is 1. The van der Waals surface area contributed by atoms with E-state index in [-0.39, 0.29) is 43.1 Å². The molecule has 11 heteroatoms. The van der Waals surface area contributed by atoms with Crippen LogP contribution in [0, 0.1) is 5.92 Å². The lowest BCUT2D eigenvalue weighted by Gasteiger charge is -2.41. The van der Waals surface area contributed by atoms with Gasteiger partial charge in [0.05, 0.1) is 42.2 Å². The molecule has 260 valence electrons. The van der Waals surface area contributed by atoms with Gasteiger partial charge in [0, 0.05) is 17.2 Å². The first-order chi connectivity index (χ1) is 25.5. The smallest absolute Gasteiger partial charge is 0.261 e. The Morgan fingerprint density at radius 3 is 2.13 bits per heavy atom. The number of hydrogen-bond donors (Lipinski definition) is 1. The normalized spacial score (nSPS) is 19.9. The molecule has 5 aromatic carbocycles. The summed E-state index contributed by atoms with van der Waals surface area (Å²) in [5, 5.41) is 22.7. The average molecular weight is 710 g/mol. The Labute approximate surface area is 305 Å². The lowest BCUT2D eigenvalue weighted by Crippen LogP contribution is -2.38. The first-order valence-corrected chi connectivity index (χ1v) is 18.1. The second-order valence-electron chi connectivity index (χ2n) is 12.9. The number of ether oxygens (including phenoxy) is 2. The second-order valence-corrected chi connectivity index (χ2v) is 13.9. The van der Waals surface area contributed by atoms with Crippen molar-refractivity contribution in [2.45, 2.75) is 43.7 Å². The fourth-order valence-corrected chi connectivity index (χ4v) is 7.77. The summed E-state index contributed by atoms with van der Waals surface area (Å²) in [7, 11) is 0. The topological polar surface area (TPSA) is 120 Å². The number of fused-ring (bicyclic) bond motifs is 1. The van der Waals surface area contributed by atoms with E-state index in [9.17, 15) is 14.7 Å². The highest BCUT2D eigenvalue weighted by Gasteiger charge is 2.39. The van der Waals surface area contributed by atoms with Gasteiger partial charge in [0.2, 0.25) is 5.16 Å². The summed E-state index contributed by atoms with van der Waals surface area (Å²) < 4.78 is 15.1. The molecular formula is C41H35N5O5S. The van der Waals surface area contributed by atoms with Crippen LogP contribution in [0.4, 0.5) is 0 Å². The number of imide groups is 1. The number of carbonyl (C=O) groups is 2. The summed E-state index contributed by atoms with van der Waals surface area (Å²) in [6.07, 6.45) is -1.10. The van der Waals surface area contributed by atoms with Gasteiger partial charge in [0.15, 0.2) is 6.29 Å². The Bertz CT molecular complexity index is 2170. The van der Waals surface area contributed by atoms with E-state index in [0.717, 1.165) is 39.1 Å². The van der Waals surface area contributed by atoms with E-state index in [2.05, 4.69) is 22.4 Å². The molecule has 3 heterocycles. The van der Waals surface area contributed by atoms with Crippen LogP contribution in [0.3, 0.4) is 0 Å². The molecule has 10 nitrogen and oxygen atoms in total. The number of amides is 2. The van der Waals surface area contributed by atoms with Gasteiger partial charge in [-0.1, -0.05) is 116 Å². The molecule has 8 rings (SSSR count). The van der Waals surface area contributed by atoms with E-state index >= 15 is 0 Å². The van der Waals surface area contributed by atoms with Crippen molar-refractivity contribution in [2.75, 3.05) is 5.75 Å². The summed E-state index contributed by atoms with van der Waals surface area (Å²) in [6, 6.07) is 40.6. The third-order valence-corrected chi connectivity index (χ3v) is 10.6. The molecule has 4 atom stereocenters. The molecule has 0 unspecified atom stereocenters. The molecule has 1 saturated heterocycles. The summed E-state index contributed by atoms with van der Waals surface area (Å²) >= 11 is 1.54. The molecule has 0 spiro atoms. The van der Waals surface area contributed by atoms with Crippen LogP contribution in [0.1, 0.15) is 62.3 Å². The molecule has 2 aliphatic heterocycles. The van der Waals surface area contributed by atoms with Crippen molar-refractivity contribution in [1.29, 1.82) is 0 Å². The number of benzene rings is 5. The van der Waals surface area contributed by atoms with Crippen LogP contribution in [-0.4, -0.2) is 53.9 Å².